The Bertz CT molecular complexity index is 2200. The van der Waals surface area contributed by atoms with Gasteiger partial charge in [0.1, 0.15) is 17.2 Å². The Morgan fingerprint density at radius 1 is 0.674 bits per heavy atom. The summed E-state index contributed by atoms with van der Waals surface area (Å²) in [4.78, 5) is 2.67. The lowest BCUT2D eigenvalue weighted by atomic mass is 9.79. The van der Waals surface area contributed by atoms with E-state index >= 15 is 0 Å². The van der Waals surface area contributed by atoms with E-state index in [4.69, 9.17) is 9.47 Å². The fraction of sp³-hybridized carbons (Fsp3) is 0.317. The monoisotopic (exact) mass is 601 g/mol. The highest BCUT2D eigenvalue weighted by atomic mass is 16.5. The van der Waals surface area contributed by atoms with Crippen LogP contribution >= 0.6 is 0 Å². The van der Waals surface area contributed by atoms with E-state index in [1.54, 1.807) is 0 Å². The fourth-order valence-corrected chi connectivity index (χ4v) is 10.5. The largest absolute Gasteiger partial charge is 0.455 e. The van der Waals surface area contributed by atoms with E-state index in [9.17, 15) is 0 Å². The zero-order valence-electron chi connectivity index (χ0n) is 25.9. The molecule has 5 nitrogen and oxygen atoms in total. The van der Waals surface area contributed by atoms with Gasteiger partial charge in [-0.2, -0.15) is 4.58 Å². The maximum absolute atomic E-state index is 6.98. The van der Waals surface area contributed by atoms with Crippen LogP contribution < -0.4 is 18.6 Å². The Morgan fingerprint density at radius 3 is 2.28 bits per heavy atom. The van der Waals surface area contributed by atoms with Gasteiger partial charge in [-0.15, -0.1) is 9.47 Å². The first kappa shape index (κ1) is 24.6. The number of amidine groups is 1. The van der Waals surface area contributed by atoms with Crippen molar-refractivity contribution in [2.24, 2.45) is 5.92 Å². The summed E-state index contributed by atoms with van der Waals surface area (Å²) in [7, 11) is 0. The van der Waals surface area contributed by atoms with Crippen LogP contribution in [0.15, 0.2) is 84.5 Å². The highest BCUT2D eigenvalue weighted by Crippen LogP contribution is 2.66. The van der Waals surface area contributed by atoms with Crippen molar-refractivity contribution in [1.29, 1.82) is 0 Å². The lowest BCUT2D eigenvalue weighted by Crippen LogP contribution is -2.68. The highest BCUT2D eigenvalue weighted by molar-refractivity contribution is 6.13. The summed E-state index contributed by atoms with van der Waals surface area (Å²) in [5, 5.41) is 0. The third-order valence-corrected chi connectivity index (χ3v) is 12.3. The van der Waals surface area contributed by atoms with Gasteiger partial charge < -0.3 is 9.47 Å². The summed E-state index contributed by atoms with van der Waals surface area (Å²) in [6.07, 6.45) is 18.2. The number of fused-ring (bicyclic) bond motifs is 4. The summed E-state index contributed by atoms with van der Waals surface area (Å²) < 4.78 is 18.9. The minimum atomic E-state index is -0.632. The van der Waals surface area contributed by atoms with Crippen LogP contribution in [0.4, 0.5) is 11.4 Å². The third-order valence-electron chi connectivity index (χ3n) is 12.3. The van der Waals surface area contributed by atoms with E-state index in [2.05, 4.69) is 92.9 Å². The van der Waals surface area contributed by atoms with Crippen molar-refractivity contribution >= 4 is 22.9 Å². The van der Waals surface area contributed by atoms with E-state index < -0.39 is 5.66 Å². The second-order valence-corrected chi connectivity index (χ2v) is 14.6. The molecule has 1 spiro atoms. The zero-order valence-corrected chi connectivity index (χ0v) is 25.9. The molecule has 0 bridgehead atoms. The molecule has 8 aliphatic rings. The minimum Gasteiger partial charge on any atom is -0.455 e. The topological polar surface area (TPSA) is 28.6 Å². The molecule has 224 valence electrons. The van der Waals surface area contributed by atoms with Crippen LogP contribution in [0, 0.1) is 5.92 Å². The van der Waals surface area contributed by atoms with E-state index in [1.165, 1.54) is 121 Å². The smallest absolute Gasteiger partial charge is 0.381 e. The van der Waals surface area contributed by atoms with E-state index in [0.29, 0.717) is 11.8 Å². The van der Waals surface area contributed by atoms with Gasteiger partial charge in [-0.05, 0) is 91.1 Å². The Morgan fingerprint density at radius 2 is 1.43 bits per heavy atom. The standard InChI is InChI=1S/C41H35N3O2/c1-3-10-24(11-4-1)26-20-31-32-21-27(25-12-5-2-6-13-25)23-37-44(32)41-38-33(16-9-17-34(38)46-37)45-35-19-18-29-28-14-7-8-15-30(28)42(40(29)39(35)41)36(22-26)43(31)41/h7-9,14-25H,1-6,10-13H2/q+2. The molecule has 2 saturated carbocycles. The van der Waals surface area contributed by atoms with Gasteiger partial charge in [0, 0.05) is 23.3 Å². The number of nitrogens with zero attached hydrogens (tertiary/aromatic N) is 3. The van der Waals surface area contributed by atoms with Crippen LogP contribution in [0.5, 0.6) is 23.1 Å². The number of ether oxygens (including phenoxy) is 2. The molecule has 1 unspecified atom stereocenters. The van der Waals surface area contributed by atoms with Gasteiger partial charge in [0.15, 0.2) is 22.6 Å². The molecule has 1 aromatic heterocycles. The third kappa shape index (κ3) is 2.74. The molecule has 0 N–H and O–H groups in total. The summed E-state index contributed by atoms with van der Waals surface area (Å²) in [5.41, 5.74) is 12.3. The molecule has 12 rings (SSSR count). The maximum atomic E-state index is 6.98. The van der Waals surface area contributed by atoms with Gasteiger partial charge in [-0.3, -0.25) is 0 Å². The van der Waals surface area contributed by atoms with Gasteiger partial charge >= 0.3 is 11.5 Å². The predicted octanol–water partition coefficient (Wildman–Crippen LogP) is 9.39. The summed E-state index contributed by atoms with van der Waals surface area (Å²) >= 11 is 0. The lowest BCUT2D eigenvalue weighted by molar-refractivity contribution is -0.756. The SMILES string of the molecule is C1=C(C2CCCCC2)C=C2c3cc(C4CCCCC4)cc4[n+]3C35c6c(cccc6O4)Oc4ccc6c(c43)[N+](=C1N25)c1ccccc1-6. The number of hydrogen-bond acceptors (Lipinski definition) is 3. The lowest BCUT2D eigenvalue weighted by Gasteiger charge is -2.41. The van der Waals surface area contributed by atoms with Crippen molar-refractivity contribution in [1.82, 2.24) is 9.48 Å². The number of rotatable bonds is 2. The first-order chi connectivity index (χ1) is 22.8. The van der Waals surface area contributed by atoms with Crippen molar-refractivity contribution in [3.63, 3.8) is 0 Å². The summed E-state index contributed by atoms with van der Waals surface area (Å²) in [6, 6.07) is 24.7. The molecule has 5 heteroatoms. The molecule has 7 heterocycles. The van der Waals surface area contributed by atoms with E-state index in [0.717, 1.165) is 28.7 Å². The molecule has 0 amide bonds. The van der Waals surface area contributed by atoms with Crippen LogP contribution in [0.3, 0.4) is 0 Å². The number of aromatic nitrogens is 1. The van der Waals surface area contributed by atoms with Crippen LogP contribution in [-0.2, 0) is 5.66 Å². The molecule has 1 atom stereocenters. The van der Waals surface area contributed by atoms with Crippen molar-refractivity contribution in [3.8, 4) is 34.3 Å². The van der Waals surface area contributed by atoms with Gasteiger partial charge in [0.05, 0.1) is 6.07 Å². The number of para-hydroxylation sites is 1. The molecule has 6 aliphatic heterocycles. The van der Waals surface area contributed by atoms with E-state index in [-0.39, 0.29) is 0 Å². The zero-order chi connectivity index (χ0) is 29.7. The molecule has 3 aromatic carbocycles. The summed E-state index contributed by atoms with van der Waals surface area (Å²) in [6.45, 7) is 0. The molecule has 4 aromatic rings. The van der Waals surface area contributed by atoms with Crippen molar-refractivity contribution in [2.75, 3.05) is 0 Å². The molecule has 2 aliphatic carbocycles. The van der Waals surface area contributed by atoms with E-state index in [1.807, 2.05) is 0 Å². The van der Waals surface area contributed by atoms with Gasteiger partial charge in [0.25, 0.3) is 11.5 Å². The number of benzene rings is 3. The predicted molar refractivity (Wildman–Crippen MR) is 178 cm³/mol. The Balaban J connectivity index is 1.25. The van der Waals surface area contributed by atoms with Gasteiger partial charge in [-0.1, -0.05) is 56.7 Å². The first-order valence-electron chi connectivity index (χ1n) is 17.6. The average molecular weight is 602 g/mol. The van der Waals surface area contributed by atoms with Crippen LogP contribution in [-0.4, -0.2) is 10.7 Å². The van der Waals surface area contributed by atoms with Crippen LogP contribution in [0.25, 0.3) is 16.8 Å². The van der Waals surface area contributed by atoms with Crippen LogP contribution in [0.1, 0.15) is 92.5 Å². The minimum absolute atomic E-state index is 0.578. The first-order valence-corrected chi connectivity index (χ1v) is 17.6. The van der Waals surface area contributed by atoms with Gasteiger partial charge in [0.2, 0.25) is 5.70 Å². The van der Waals surface area contributed by atoms with Crippen LogP contribution in [0.2, 0.25) is 0 Å². The molecule has 0 saturated heterocycles. The van der Waals surface area contributed by atoms with Gasteiger partial charge in [-0.25, -0.2) is 0 Å². The van der Waals surface area contributed by atoms with Crippen molar-refractivity contribution in [2.45, 2.75) is 75.8 Å². The molecule has 0 radical (unpaired) electrons. The van der Waals surface area contributed by atoms with Crippen molar-refractivity contribution in [3.05, 3.63) is 107 Å². The second kappa shape index (κ2) is 8.38. The quantitative estimate of drug-likeness (QED) is 0.189. The Hall–Kier alpha value is -4.64. The molecular weight excluding hydrogens is 566 g/mol. The second-order valence-electron chi connectivity index (χ2n) is 14.6. The summed E-state index contributed by atoms with van der Waals surface area (Å²) in [5.74, 6) is 6.10. The molecule has 2 fully saturated rings. The highest BCUT2D eigenvalue weighted by Gasteiger charge is 2.77. The fourth-order valence-electron chi connectivity index (χ4n) is 10.5. The number of allylic oxidation sites excluding steroid dienone is 2. The molecule has 46 heavy (non-hydrogen) atoms. The normalized spacial score (nSPS) is 24.0. The van der Waals surface area contributed by atoms with Crippen molar-refractivity contribution < 1.29 is 14.0 Å². The average Bonchev–Trinajstić information content (AvgIpc) is 3.61. The Labute approximate surface area is 268 Å². The Kier molecular flexibility index (Phi) is 4.48. The molecular formula is C41H35N3O2+2. The number of hydrogen-bond donors (Lipinski definition) is 0. The number of pyridine rings is 1. The maximum Gasteiger partial charge on any atom is 0.381 e.